The molecule has 2 nitrogen and oxygen atoms in total. The van der Waals surface area contributed by atoms with Crippen LogP contribution in [0.2, 0.25) is 13.1 Å². The fourth-order valence-corrected chi connectivity index (χ4v) is 3.91. The van der Waals surface area contributed by atoms with Gasteiger partial charge in [-0.15, -0.1) is 0 Å². The Morgan fingerprint density at radius 2 is 1.80 bits per heavy atom. The summed E-state index contributed by atoms with van der Waals surface area (Å²) in [5.41, 5.74) is -0.0186. The minimum Gasteiger partial charge on any atom is -0.444 e. The lowest BCUT2D eigenvalue weighted by molar-refractivity contribution is 0.108. The predicted octanol–water partition coefficient (Wildman–Crippen LogP) is 0.800. The van der Waals surface area contributed by atoms with E-state index in [1.165, 1.54) is 0 Å². The van der Waals surface area contributed by atoms with Crippen molar-refractivity contribution in [3.63, 3.8) is 0 Å². The van der Waals surface area contributed by atoms with Crippen molar-refractivity contribution in [3.8, 4) is 0 Å². The van der Waals surface area contributed by atoms with Crippen molar-refractivity contribution in [1.29, 1.82) is 0 Å². The maximum absolute atomic E-state index is 5.63. The van der Waals surface area contributed by atoms with Gasteiger partial charge in [0.15, 0.2) is 0 Å². The average molecular weight is 178 g/mol. The summed E-state index contributed by atoms with van der Waals surface area (Å²) in [6.45, 7) is 10.4. The van der Waals surface area contributed by atoms with Crippen molar-refractivity contribution in [2.75, 3.05) is 0 Å². The molecule has 0 spiro atoms. The highest BCUT2D eigenvalue weighted by atomic mass is 28.4. The third-order valence-corrected chi connectivity index (χ3v) is 5.17. The highest BCUT2D eigenvalue weighted by molar-refractivity contribution is 6.51. The summed E-state index contributed by atoms with van der Waals surface area (Å²) in [6.07, 6.45) is 0. The van der Waals surface area contributed by atoms with Gasteiger partial charge >= 0.3 is 9.28 Å². The smallest absolute Gasteiger partial charge is 0.307 e. The molecule has 0 saturated heterocycles. The van der Waals surface area contributed by atoms with Crippen LogP contribution in [0.4, 0.5) is 0 Å². The first-order valence-corrected chi connectivity index (χ1v) is 7.84. The maximum atomic E-state index is 5.63. The SMILES string of the molecule is C[SiH2]O[SiH](C)OC(C)(C)C. The third-order valence-electron chi connectivity index (χ3n) is 0.921. The van der Waals surface area contributed by atoms with E-state index in [4.69, 9.17) is 8.54 Å². The molecule has 62 valence electrons. The molecule has 0 aromatic heterocycles. The molecule has 10 heavy (non-hydrogen) atoms. The van der Waals surface area contributed by atoms with E-state index in [1.807, 2.05) is 0 Å². The fraction of sp³-hybridized carbons (Fsp3) is 1.00. The van der Waals surface area contributed by atoms with Crippen LogP contribution in [0.3, 0.4) is 0 Å². The van der Waals surface area contributed by atoms with Crippen molar-refractivity contribution in [2.24, 2.45) is 0 Å². The van der Waals surface area contributed by atoms with Gasteiger partial charge in [-0.2, -0.15) is 0 Å². The monoisotopic (exact) mass is 178 g/mol. The van der Waals surface area contributed by atoms with Crippen LogP contribution in [0.5, 0.6) is 0 Å². The van der Waals surface area contributed by atoms with Gasteiger partial charge in [0.2, 0.25) is 0 Å². The molecule has 0 aromatic rings. The summed E-state index contributed by atoms with van der Waals surface area (Å²) in [5, 5.41) is 0. The third kappa shape index (κ3) is 6.47. The van der Waals surface area contributed by atoms with Crippen molar-refractivity contribution in [3.05, 3.63) is 0 Å². The largest absolute Gasteiger partial charge is 0.444 e. The Labute approximate surface area is 67.7 Å². The van der Waals surface area contributed by atoms with Gasteiger partial charge in [-0.25, -0.2) is 0 Å². The molecule has 0 aliphatic heterocycles. The predicted molar refractivity (Wildman–Crippen MR) is 49.3 cm³/mol. The summed E-state index contributed by atoms with van der Waals surface area (Å²) in [7, 11) is -1.53. The quantitative estimate of drug-likeness (QED) is 0.595. The zero-order valence-corrected chi connectivity index (χ0v) is 10.2. The van der Waals surface area contributed by atoms with Crippen LogP contribution in [0.25, 0.3) is 0 Å². The van der Waals surface area contributed by atoms with Crippen LogP contribution in [0.1, 0.15) is 20.8 Å². The lowest BCUT2D eigenvalue weighted by Crippen LogP contribution is -2.31. The van der Waals surface area contributed by atoms with E-state index >= 15 is 0 Å². The molecular weight excluding hydrogens is 160 g/mol. The molecule has 0 rings (SSSR count). The molecule has 0 radical (unpaired) electrons. The molecule has 0 amide bonds. The van der Waals surface area contributed by atoms with Gasteiger partial charge in [0, 0.05) is 5.60 Å². The van der Waals surface area contributed by atoms with Gasteiger partial charge in [0.05, 0.1) is 0 Å². The Kier molecular flexibility index (Phi) is 4.43. The van der Waals surface area contributed by atoms with Crippen LogP contribution < -0.4 is 0 Å². The van der Waals surface area contributed by atoms with Crippen LogP contribution in [0.15, 0.2) is 0 Å². The molecule has 0 aliphatic rings. The van der Waals surface area contributed by atoms with Gasteiger partial charge in [0.1, 0.15) is 9.76 Å². The summed E-state index contributed by atoms with van der Waals surface area (Å²) in [6, 6.07) is 0. The Balaban J connectivity index is 3.47. The number of hydrogen-bond acceptors (Lipinski definition) is 2. The van der Waals surface area contributed by atoms with E-state index in [1.54, 1.807) is 0 Å². The second kappa shape index (κ2) is 4.28. The summed E-state index contributed by atoms with van der Waals surface area (Å²) >= 11 is 0. The average Bonchev–Trinajstić information content (AvgIpc) is 1.59. The van der Waals surface area contributed by atoms with Crippen LogP contribution >= 0.6 is 0 Å². The molecule has 0 saturated carbocycles. The van der Waals surface area contributed by atoms with Crippen molar-refractivity contribution >= 4 is 19.0 Å². The van der Waals surface area contributed by atoms with Gasteiger partial charge in [0.25, 0.3) is 0 Å². The standard InChI is InChI=1S/C6H18O2Si2/c1-6(2,3)7-10(5)8-9-4/h10H,9H2,1-5H3. The maximum Gasteiger partial charge on any atom is 0.307 e. The molecule has 0 aromatic carbocycles. The molecule has 0 bridgehead atoms. The topological polar surface area (TPSA) is 18.5 Å². The molecule has 0 aliphatic carbocycles. The first kappa shape index (κ1) is 10.4. The lowest BCUT2D eigenvalue weighted by atomic mass is 10.2. The first-order valence-electron chi connectivity index (χ1n) is 3.75. The fourth-order valence-electron chi connectivity index (χ4n) is 0.767. The van der Waals surface area contributed by atoms with Gasteiger partial charge in [-0.3, -0.25) is 0 Å². The minimum atomic E-state index is -1.27. The van der Waals surface area contributed by atoms with E-state index in [2.05, 4.69) is 33.9 Å². The number of rotatable bonds is 3. The van der Waals surface area contributed by atoms with E-state index in [0.29, 0.717) is 0 Å². The molecular formula is C6H18O2Si2. The van der Waals surface area contributed by atoms with Crippen LogP contribution in [0, 0.1) is 0 Å². The van der Waals surface area contributed by atoms with Crippen LogP contribution in [-0.4, -0.2) is 24.6 Å². The zero-order chi connectivity index (χ0) is 8.20. The molecule has 1 atom stereocenters. The second-order valence-electron chi connectivity index (χ2n) is 3.25. The van der Waals surface area contributed by atoms with E-state index in [9.17, 15) is 0 Å². The summed E-state index contributed by atoms with van der Waals surface area (Å²) in [4.78, 5) is 0. The highest BCUT2D eigenvalue weighted by Gasteiger charge is 2.15. The van der Waals surface area contributed by atoms with E-state index in [0.717, 1.165) is 0 Å². The van der Waals surface area contributed by atoms with E-state index in [-0.39, 0.29) is 15.4 Å². The summed E-state index contributed by atoms with van der Waals surface area (Å²) < 4.78 is 11.1. The minimum absolute atomic E-state index is 0.0186. The Morgan fingerprint density at radius 1 is 1.30 bits per heavy atom. The normalized spacial score (nSPS) is 16.5. The van der Waals surface area contributed by atoms with Gasteiger partial charge < -0.3 is 8.54 Å². The Morgan fingerprint density at radius 3 is 2.10 bits per heavy atom. The Hall–Kier alpha value is 0.354. The zero-order valence-electron chi connectivity index (χ0n) is 7.60. The van der Waals surface area contributed by atoms with Crippen molar-refractivity contribution in [1.82, 2.24) is 0 Å². The second-order valence-corrected chi connectivity index (χ2v) is 6.53. The highest BCUT2D eigenvalue weighted by Crippen LogP contribution is 2.08. The first-order chi connectivity index (χ1) is 4.45. The van der Waals surface area contributed by atoms with Crippen molar-refractivity contribution in [2.45, 2.75) is 39.5 Å². The van der Waals surface area contributed by atoms with Crippen LogP contribution in [-0.2, 0) is 8.54 Å². The van der Waals surface area contributed by atoms with Gasteiger partial charge in [-0.1, -0.05) is 6.55 Å². The molecule has 1 unspecified atom stereocenters. The number of hydrogen-bond donors (Lipinski definition) is 0. The van der Waals surface area contributed by atoms with Crippen molar-refractivity contribution < 1.29 is 8.54 Å². The lowest BCUT2D eigenvalue weighted by Gasteiger charge is -2.24. The Bertz CT molecular complexity index is 90.2. The summed E-state index contributed by atoms with van der Waals surface area (Å²) in [5.74, 6) is 0. The van der Waals surface area contributed by atoms with E-state index < -0.39 is 9.28 Å². The van der Waals surface area contributed by atoms with Gasteiger partial charge in [-0.05, 0) is 27.3 Å². The molecule has 0 fully saturated rings. The molecule has 0 heterocycles. The molecule has 4 heteroatoms. The molecule has 0 N–H and O–H groups in total.